The summed E-state index contributed by atoms with van der Waals surface area (Å²) in [4.78, 5) is 13.2. The summed E-state index contributed by atoms with van der Waals surface area (Å²) in [5, 5.41) is 68.1. The van der Waals surface area contributed by atoms with Crippen molar-refractivity contribution in [1.29, 1.82) is 0 Å². The third-order valence-corrected chi connectivity index (χ3v) is 11.4. The van der Waals surface area contributed by atoms with Crippen LogP contribution in [0.2, 0.25) is 0 Å². The predicted molar refractivity (Wildman–Crippen MR) is 131 cm³/mol. The molecule has 0 spiro atoms. The van der Waals surface area contributed by atoms with Crippen LogP contribution in [0, 0.1) is 46.3 Å². The maximum Gasteiger partial charge on any atom is 0.314 e. The topological polar surface area (TPSA) is 159 Å². The minimum atomic E-state index is -3.91. The average molecular weight is 511 g/mol. The number of hydrogen-bond donors (Lipinski definition) is 7. The zero-order valence-electron chi connectivity index (χ0n) is 22.2. The molecule has 8 atom stereocenters. The highest BCUT2D eigenvalue weighted by atomic mass is 16.7. The molecule has 36 heavy (non-hydrogen) atoms. The van der Waals surface area contributed by atoms with Crippen LogP contribution in [0.4, 0.5) is 0 Å². The number of rotatable bonds is 7. The number of aliphatic hydroxyl groups is 7. The van der Waals surface area contributed by atoms with Crippen molar-refractivity contribution in [2.75, 3.05) is 0 Å². The molecule has 0 radical (unpaired) electrons. The highest BCUT2D eigenvalue weighted by Gasteiger charge is 2.65. The lowest BCUT2D eigenvalue weighted by molar-refractivity contribution is -0.504. The molecule has 3 saturated carbocycles. The predicted octanol–water partition coefficient (Wildman–Crippen LogP) is 2.18. The first-order valence-electron chi connectivity index (χ1n) is 13.8. The maximum atomic E-state index is 13.2. The number of ketones is 1. The van der Waals surface area contributed by atoms with Crippen molar-refractivity contribution in [3.05, 3.63) is 11.6 Å². The van der Waals surface area contributed by atoms with Crippen LogP contribution in [0.1, 0.15) is 91.9 Å². The Morgan fingerprint density at radius 3 is 2.03 bits per heavy atom. The van der Waals surface area contributed by atoms with Gasteiger partial charge in [-0.2, -0.15) is 0 Å². The third kappa shape index (κ3) is 4.12. The van der Waals surface area contributed by atoms with E-state index in [9.17, 15) is 40.5 Å². The SMILES string of the molecule is C[C@H](CC[C@H](C)C(O)(C(O)(O)O)C(O)(O)O)[C@H]1CC[C@H]2C3=CC(=O)C4CCCC[C@]4(C)[C@H]3CC[C@]12C. The second-order valence-electron chi connectivity index (χ2n) is 13.2. The summed E-state index contributed by atoms with van der Waals surface area (Å²) in [7, 11) is 0. The van der Waals surface area contributed by atoms with Gasteiger partial charge in [0.15, 0.2) is 5.78 Å². The molecule has 4 aliphatic rings. The molecular weight excluding hydrogens is 464 g/mol. The van der Waals surface area contributed by atoms with Gasteiger partial charge in [-0.1, -0.05) is 52.5 Å². The minimum absolute atomic E-state index is 0.0306. The monoisotopic (exact) mass is 510 g/mol. The molecule has 0 heterocycles. The van der Waals surface area contributed by atoms with E-state index in [0.717, 1.165) is 44.9 Å². The zero-order valence-corrected chi connectivity index (χ0v) is 22.2. The van der Waals surface area contributed by atoms with Crippen LogP contribution in [0.3, 0.4) is 0 Å². The molecule has 0 aliphatic heterocycles. The largest absolute Gasteiger partial charge is 0.375 e. The standard InChI is InChI=1S/C28H46O8/c1-16(8-9-17(2)26(30,27(31,32)33)28(34,35)36)19-10-11-20-18-15-23(29)22-7-5-6-13-24(22,3)21(18)12-14-25(19,20)4/h15-17,19-22,30-36H,5-14H2,1-4H3/t16-,17+,19-,20+,21+,22?,24-,25-/m1/s1. The average Bonchev–Trinajstić information content (AvgIpc) is 3.12. The molecule has 0 aromatic carbocycles. The Morgan fingerprint density at radius 2 is 1.42 bits per heavy atom. The van der Waals surface area contributed by atoms with Crippen molar-refractivity contribution >= 4 is 5.78 Å². The number of fused-ring (bicyclic) bond motifs is 5. The van der Waals surface area contributed by atoms with Crippen LogP contribution >= 0.6 is 0 Å². The first-order chi connectivity index (χ1) is 16.5. The normalized spacial score (nSPS) is 39.1. The lowest BCUT2D eigenvalue weighted by Crippen LogP contribution is -2.71. The molecule has 7 N–H and O–H groups in total. The number of allylic oxidation sites excluding steroid dienone is 2. The first-order valence-corrected chi connectivity index (χ1v) is 13.8. The second kappa shape index (κ2) is 9.11. The van der Waals surface area contributed by atoms with Crippen LogP contribution in [-0.2, 0) is 4.79 Å². The van der Waals surface area contributed by atoms with Crippen molar-refractivity contribution < 1.29 is 40.5 Å². The van der Waals surface area contributed by atoms with Crippen LogP contribution in [0.5, 0.6) is 0 Å². The molecule has 206 valence electrons. The van der Waals surface area contributed by atoms with Gasteiger partial charge in [-0.3, -0.25) is 4.79 Å². The molecule has 0 saturated heterocycles. The summed E-state index contributed by atoms with van der Waals surface area (Å²) in [5.41, 5.74) is -1.91. The molecule has 0 aromatic rings. The van der Waals surface area contributed by atoms with Crippen LogP contribution in [0.25, 0.3) is 0 Å². The van der Waals surface area contributed by atoms with E-state index in [1.807, 2.05) is 6.08 Å². The fourth-order valence-corrected chi connectivity index (χ4v) is 9.20. The molecule has 8 heteroatoms. The fraction of sp³-hybridized carbons (Fsp3) is 0.893. The van der Waals surface area contributed by atoms with E-state index in [1.165, 1.54) is 18.9 Å². The quantitative estimate of drug-likeness (QED) is 0.257. The van der Waals surface area contributed by atoms with Gasteiger partial charge in [-0.05, 0) is 85.5 Å². The van der Waals surface area contributed by atoms with Gasteiger partial charge < -0.3 is 35.7 Å². The Hall–Kier alpha value is -0.870. The summed E-state index contributed by atoms with van der Waals surface area (Å²) >= 11 is 0. The highest BCUT2D eigenvalue weighted by Crippen LogP contribution is 2.66. The summed E-state index contributed by atoms with van der Waals surface area (Å²) < 4.78 is 0. The molecule has 0 aromatic heterocycles. The van der Waals surface area contributed by atoms with Gasteiger partial charge in [0.2, 0.25) is 5.60 Å². The van der Waals surface area contributed by atoms with E-state index in [0.29, 0.717) is 30.0 Å². The second-order valence-corrected chi connectivity index (χ2v) is 13.2. The minimum Gasteiger partial charge on any atom is -0.375 e. The fourth-order valence-electron chi connectivity index (χ4n) is 9.20. The van der Waals surface area contributed by atoms with Crippen LogP contribution < -0.4 is 0 Å². The summed E-state index contributed by atoms with van der Waals surface area (Å²) in [6.07, 6.45) is 11.3. The van der Waals surface area contributed by atoms with Crippen molar-refractivity contribution in [3.8, 4) is 0 Å². The molecule has 4 rings (SSSR count). The van der Waals surface area contributed by atoms with E-state index in [1.54, 1.807) is 0 Å². The van der Waals surface area contributed by atoms with Gasteiger partial charge in [0.1, 0.15) is 0 Å². The van der Waals surface area contributed by atoms with Gasteiger partial charge in [-0.15, -0.1) is 0 Å². The van der Waals surface area contributed by atoms with Gasteiger partial charge in [-0.25, -0.2) is 0 Å². The Balaban J connectivity index is 1.50. The molecule has 0 amide bonds. The van der Waals surface area contributed by atoms with Crippen molar-refractivity contribution in [3.63, 3.8) is 0 Å². The van der Waals surface area contributed by atoms with Crippen LogP contribution in [0.15, 0.2) is 11.6 Å². The van der Waals surface area contributed by atoms with E-state index in [-0.39, 0.29) is 29.1 Å². The summed E-state index contributed by atoms with van der Waals surface area (Å²) in [5.74, 6) is -7.25. The van der Waals surface area contributed by atoms with Crippen LogP contribution in [-0.4, -0.2) is 59.1 Å². The molecule has 8 nitrogen and oxygen atoms in total. The van der Waals surface area contributed by atoms with Crippen molar-refractivity contribution in [2.45, 2.75) is 109 Å². The van der Waals surface area contributed by atoms with Gasteiger partial charge in [0.25, 0.3) is 0 Å². The zero-order chi connectivity index (χ0) is 26.9. The molecule has 0 bridgehead atoms. The Bertz CT molecular complexity index is 871. The first kappa shape index (κ1) is 28.1. The maximum absolute atomic E-state index is 13.2. The molecular formula is C28H46O8. The Labute approximate surface area is 214 Å². The molecule has 1 unspecified atom stereocenters. The van der Waals surface area contributed by atoms with E-state index >= 15 is 0 Å². The highest BCUT2D eigenvalue weighted by molar-refractivity contribution is 5.94. The van der Waals surface area contributed by atoms with Gasteiger partial charge >= 0.3 is 11.9 Å². The lowest BCUT2D eigenvalue weighted by atomic mass is 9.47. The molecule has 4 aliphatic carbocycles. The van der Waals surface area contributed by atoms with E-state index in [4.69, 9.17) is 0 Å². The van der Waals surface area contributed by atoms with Gasteiger partial charge in [0, 0.05) is 11.8 Å². The van der Waals surface area contributed by atoms with E-state index in [2.05, 4.69) is 20.8 Å². The smallest absolute Gasteiger partial charge is 0.314 e. The Kier molecular flexibility index (Phi) is 7.12. The summed E-state index contributed by atoms with van der Waals surface area (Å²) in [6, 6.07) is 0. The van der Waals surface area contributed by atoms with Crippen molar-refractivity contribution in [1.82, 2.24) is 0 Å². The number of carbonyl (C=O) groups excluding carboxylic acids is 1. The lowest BCUT2D eigenvalue weighted by Gasteiger charge is -2.56. The third-order valence-electron chi connectivity index (χ3n) is 11.4. The molecule has 3 fully saturated rings. The summed E-state index contributed by atoms with van der Waals surface area (Å²) in [6.45, 7) is 8.12. The van der Waals surface area contributed by atoms with Gasteiger partial charge in [0.05, 0.1) is 0 Å². The Morgan fingerprint density at radius 1 is 0.806 bits per heavy atom. The van der Waals surface area contributed by atoms with E-state index < -0.39 is 23.5 Å². The number of hydrogen-bond acceptors (Lipinski definition) is 8. The number of carbonyl (C=O) groups is 1. The van der Waals surface area contributed by atoms with Crippen molar-refractivity contribution in [2.24, 2.45) is 46.3 Å².